The van der Waals surface area contributed by atoms with Crippen molar-refractivity contribution >= 4 is 83.6 Å². The normalized spacial score (nSPS) is 15.4. The molecular formula is C46H83N13O14S. The molecule has 0 radical (unpaired) electrons. The van der Waals surface area contributed by atoms with Crippen molar-refractivity contribution < 1.29 is 67.7 Å². The van der Waals surface area contributed by atoms with Crippen molar-refractivity contribution in [2.75, 3.05) is 18.9 Å². The zero-order chi connectivity index (χ0) is 57.2. The van der Waals surface area contributed by atoms with Crippen LogP contribution in [-0.2, 0) is 57.5 Å². The van der Waals surface area contributed by atoms with E-state index in [1.54, 1.807) is 41.5 Å². The summed E-state index contributed by atoms with van der Waals surface area (Å²) in [5, 5.41) is 42.1. The van der Waals surface area contributed by atoms with Crippen LogP contribution in [-0.4, -0.2) is 160 Å². The number of carbonyl (C=O) groups excluding carboxylic acids is 11. The summed E-state index contributed by atoms with van der Waals surface area (Å²) in [6.45, 7) is 14.1. The minimum atomic E-state index is -1.69. The first-order chi connectivity index (χ1) is 34.4. The quantitative estimate of drug-likeness (QED) is 0.0207. The monoisotopic (exact) mass is 1070 g/mol. The van der Waals surface area contributed by atoms with E-state index in [9.17, 15) is 67.7 Å². The smallest absolute Gasteiger partial charge is 0.326 e. The van der Waals surface area contributed by atoms with Crippen molar-refractivity contribution in [2.24, 2.45) is 46.6 Å². The predicted octanol–water partition coefficient (Wildman–Crippen LogP) is -4.62. The van der Waals surface area contributed by atoms with Crippen molar-refractivity contribution in [1.82, 2.24) is 47.9 Å². The molecule has 10 atom stereocenters. The summed E-state index contributed by atoms with van der Waals surface area (Å²) in [6.07, 6.45) is -0.0581. The molecule has 0 heterocycles. The Balaban J connectivity index is 6.08. The van der Waals surface area contributed by atoms with Gasteiger partial charge in [-0.1, -0.05) is 55.4 Å². The third-order valence-corrected chi connectivity index (χ3v) is 11.6. The Hall–Kier alpha value is -6.13. The van der Waals surface area contributed by atoms with Crippen LogP contribution < -0.4 is 70.8 Å². The topological polar surface area (TPSA) is 458 Å². The lowest BCUT2D eigenvalue weighted by molar-refractivity contribution is -0.143. The molecule has 0 aromatic heterocycles. The fourth-order valence-corrected chi connectivity index (χ4v) is 7.27. The number of hydrogen-bond donors (Lipinski definition) is 16. The van der Waals surface area contributed by atoms with E-state index in [-0.39, 0.29) is 49.7 Å². The van der Waals surface area contributed by atoms with Gasteiger partial charge in [-0.05, 0) is 75.7 Å². The van der Waals surface area contributed by atoms with Gasteiger partial charge in [0.25, 0.3) is 0 Å². The number of aliphatic hydroxyl groups is 1. The van der Waals surface area contributed by atoms with E-state index in [2.05, 4.69) is 60.5 Å². The number of primary amides is 2. The Morgan fingerprint density at radius 3 is 1.28 bits per heavy atom. The van der Waals surface area contributed by atoms with Crippen LogP contribution in [0, 0.1) is 23.7 Å². The maximum Gasteiger partial charge on any atom is 0.326 e. The number of carboxylic acid groups (broad SMARTS) is 1. The second-order valence-corrected chi connectivity index (χ2v) is 20.0. The number of rotatable bonds is 36. The maximum absolute atomic E-state index is 13.7. The van der Waals surface area contributed by atoms with Gasteiger partial charge in [-0.2, -0.15) is 12.6 Å². The van der Waals surface area contributed by atoms with E-state index in [1.807, 2.05) is 0 Å². The van der Waals surface area contributed by atoms with E-state index >= 15 is 0 Å². The van der Waals surface area contributed by atoms with Gasteiger partial charge < -0.3 is 81.0 Å². The van der Waals surface area contributed by atoms with E-state index in [0.717, 1.165) is 0 Å². The lowest BCUT2D eigenvalue weighted by Gasteiger charge is -2.29. The lowest BCUT2D eigenvalue weighted by Crippen LogP contribution is -2.61. The highest BCUT2D eigenvalue weighted by Crippen LogP contribution is 2.12. The Labute approximate surface area is 437 Å². The maximum atomic E-state index is 13.7. The zero-order valence-electron chi connectivity index (χ0n) is 43.9. The highest BCUT2D eigenvalue weighted by Gasteiger charge is 2.36. The van der Waals surface area contributed by atoms with Crippen molar-refractivity contribution in [3.63, 3.8) is 0 Å². The molecule has 19 N–H and O–H groups in total. The number of nitrogens with one attached hydrogen (secondary N) is 9. The highest BCUT2D eigenvalue weighted by molar-refractivity contribution is 7.80. The Kier molecular flexibility index (Phi) is 31.5. The van der Waals surface area contributed by atoms with E-state index in [1.165, 1.54) is 20.8 Å². The number of thiol groups is 1. The molecule has 0 bridgehead atoms. The van der Waals surface area contributed by atoms with Crippen molar-refractivity contribution in [3.05, 3.63) is 0 Å². The summed E-state index contributed by atoms with van der Waals surface area (Å²) >= 11 is 4.21. The van der Waals surface area contributed by atoms with E-state index in [0.29, 0.717) is 19.4 Å². The second-order valence-electron chi connectivity index (χ2n) is 19.6. The van der Waals surface area contributed by atoms with Crippen LogP contribution in [0.2, 0.25) is 0 Å². The molecule has 11 amide bonds. The summed E-state index contributed by atoms with van der Waals surface area (Å²) in [4.78, 5) is 155. The first-order valence-corrected chi connectivity index (χ1v) is 25.2. The number of aliphatic hydroxyl groups excluding tert-OH is 1. The molecule has 0 aliphatic heterocycles. The summed E-state index contributed by atoms with van der Waals surface area (Å²) in [5.41, 5.74) is 21.6. The average Bonchev–Trinajstić information content (AvgIpc) is 3.29. The van der Waals surface area contributed by atoms with Crippen LogP contribution in [0.15, 0.2) is 0 Å². The molecule has 0 saturated heterocycles. The fourth-order valence-electron chi connectivity index (χ4n) is 7.01. The van der Waals surface area contributed by atoms with Gasteiger partial charge in [-0.3, -0.25) is 52.7 Å². The van der Waals surface area contributed by atoms with Crippen LogP contribution in [0.1, 0.15) is 114 Å². The Morgan fingerprint density at radius 2 is 0.878 bits per heavy atom. The minimum absolute atomic E-state index is 0.000568. The molecule has 422 valence electrons. The highest BCUT2D eigenvalue weighted by atomic mass is 32.1. The third-order valence-electron chi connectivity index (χ3n) is 11.2. The molecule has 74 heavy (non-hydrogen) atoms. The van der Waals surface area contributed by atoms with Crippen LogP contribution in [0.25, 0.3) is 0 Å². The number of amides is 11. The molecule has 0 fully saturated rings. The molecule has 0 spiro atoms. The summed E-state index contributed by atoms with van der Waals surface area (Å²) in [6, 6.07) is -13.7. The van der Waals surface area contributed by atoms with Gasteiger partial charge >= 0.3 is 5.97 Å². The number of unbranched alkanes of at least 4 members (excludes halogenated alkanes) is 1. The first-order valence-electron chi connectivity index (χ1n) is 24.6. The third kappa shape index (κ3) is 25.7. The molecule has 27 nitrogen and oxygen atoms in total. The SMILES string of the molecule is CC(C)C[C@H](NC(=O)[C@H](CO)NC(=O)[C@@H](NC(=O)[C@H](CCC(N)=O)NC(=O)[C@@H](N)CC(N)=O)C(C)C)C(=O)N[C@@H](C)C(=O)N[C@@H](CS)C(=O)N[C@@H](CC(C)C)C(=O)N[C@H](C(=O)N[C@@H](CCCCN)C(=O)O)C(C)C. The number of aliphatic carboxylic acids is 1. The lowest BCUT2D eigenvalue weighted by atomic mass is 9.99. The molecular weight excluding hydrogens is 991 g/mol. The van der Waals surface area contributed by atoms with Crippen LogP contribution in [0.4, 0.5) is 0 Å². The van der Waals surface area contributed by atoms with Gasteiger partial charge in [0, 0.05) is 12.2 Å². The van der Waals surface area contributed by atoms with Gasteiger partial charge in [0.1, 0.15) is 54.4 Å². The van der Waals surface area contributed by atoms with Crippen LogP contribution in [0.3, 0.4) is 0 Å². The first kappa shape index (κ1) is 67.9. The van der Waals surface area contributed by atoms with Crippen molar-refractivity contribution in [2.45, 2.75) is 174 Å². The molecule has 0 saturated carbocycles. The molecule has 0 unspecified atom stereocenters. The predicted molar refractivity (Wildman–Crippen MR) is 273 cm³/mol. The van der Waals surface area contributed by atoms with Crippen LogP contribution >= 0.6 is 12.6 Å². The van der Waals surface area contributed by atoms with Gasteiger partial charge in [-0.15, -0.1) is 0 Å². The molecule has 0 aliphatic rings. The molecule has 0 aromatic carbocycles. The van der Waals surface area contributed by atoms with Gasteiger partial charge in [0.05, 0.1) is 19.1 Å². The van der Waals surface area contributed by atoms with Gasteiger partial charge in [-0.25, -0.2) is 4.79 Å². The van der Waals surface area contributed by atoms with E-state index < -0.39 is 156 Å². The average molecular weight is 1070 g/mol. The summed E-state index contributed by atoms with van der Waals surface area (Å²) < 4.78 is 0. The van der Waals surface area contributed by atoms with Crippen molar-refractivity contribution in [3.8, 4) is 0 Å². The molecule has 0 rings (SSSR count). The summed E-state index contributed by atoms with van der Waals surface area (Å²) in [5.74, 6) is -12.8. The molecule has 0 aliphatic carbocycles. The Morgan fingerprint density at radius 1 is 0.473 bits per heavy atom. The van der Waals surface area contributed by atoms with Crippen molar-refractivity contribution in [1.29, 1.82) is 0 Å². The number of carbonyl (C=O) groups is 12. The second kappa shape index (κ2) is 34.4. The summed E-state index contributed by atoms with van der Waals surface area (Å²) in [7, 11) is 0. The fraction of sp³-hybridized carbons (Fsp3) is 0.739. The largest absolute Gasteiger partial charge is 0.480 e. The van der Waals surface area contributed by atoms with Gasteiger partial charge in [0.15, 0.2) is 0 Å². The molecule has 28 heteroatoms. The van der Waals surface area contributed by atoms with Crippen LogP contribution in [0.5, 0.6) is 0 Å². The Bertz CT molecular complexity index is 1940. The zero-order valence-corrected chi connectivity index (χ0v) is 44.8. The number of carboxylic acids is 1. The number of nitrogens with two attached hydrogens (primary N) is 4. The minimum Gasteiger partial charge on any atom is -0.480 e. The number of hydrogen-bond acceptors (Lipinski definition) is 16. The van der Waals surface area contributed by atoms with E-state index in [4.69, 9.17) is 22.9 Å². The standard InChI is InChI=1S/C46H83N13O14S/c1-21(2)16-29(54-42(68)31(19-60)56-45(71)36(24(7)8)58-39(65)27(13-14-33(49)61)52-38(64)26(48)18-34(50)62)40(66)51-25(9)37(63)57-32(20-74)43(69)55-30(17-22(3)4)41(67)59-35(23(5)6)44(70)53-28(46(72)73)12-10-11-15-47/h21-32,35-36,60,74H,10-20,47-48H2,1-9H3,(H2,49,61)(H2,50,62)(H,51,66)(H,52,64)(H,53,70)(H,54,68)(H,55,69)(H,56,71)(H,57,63)(H,58,65)(H,59,67)(H,72,73)/t25-,26-,27-,28-,29-,30-,31-,32-,35-,36-/m0/s1. The van der Waals surface area contributed by atoms with Gasteiger partial charge in [0.2, 0.25) is 65.0 Å². The molecule has 0 aromatic rings.